The van der Waals surface area contributed by atoms with Gasteiger partial charge in [0, 0.05) is 42.4 Å². The first-order valence-corrected chi connectivity index (χ1v) is 14.9. The second kappa shape index (κ2) is 10.5. The van der Waals surface area contributed by atoms with Crippen LogP contribution < -0.4 is 20.2 Å². The summed E-state index contributed by atoms with van der Waals surface area (Å²) in [6, 6.07) is 13.0. The minimum Gasteiger partial charge on any atom is -0.482 e. The Hall–Kier alpha value is -3.40. The Bertz CT molecular complexity index is 1360. The van der Waals surface area contributed by atoms with Gasteiger partial charge in [0.1, 0.15) is 18.2 Å². The number of benzene rings is 2. The van der Waals surface area contributed by atoms with Crippen molar-refractivity contribution in [3.05, 3.63) is 71.3 Å². The SMILES string of the molecule is CN1CCC23c4c5ccc(OC(=O)NC(Cc6ccccc6)C(=O)NN6CCCCC6)c4OC2C(O)C=CC3C1C5. The van der Waals surface area contributed by atoms with Crippen molar-refractivity contribution in [1.29, 1.82) is 0 Å². The molecule has 2 saturated heterocycles. The molecule has 0 radical (unpaired) electrons. The number of nitrogens with zero attached hydrogens (tertiary/aromatic N) is 2. The Morgan fingerprint density at radius 3 is 2.71 bits per heavy atom. The van der Waals surface area contributed by atoms with Gasteiger partial charge in [0.25, 0.3) is 5.91 Å². The first-order chi connectivity index (χ1) is 19.9. The molecule has 0 aromatic heterocycles. The van der Waals surface area contributed by atoms with Crippen LogP contribution in [-0.4, -0.2) is 78.0 Å². The van der Waals surface area contributed by atoms with Crippen molar-refractivity contribution in [3.63, 3.8) is 0 Å². The van der Waals surface area contributed by atoms with Gasteiger partial charge in [-0.3, -0.25) is 10.2 Å². The van der Waals surface area contributed by atoms with Crippen LogP contribution in [0.1, 0.15) is 42.4 Å². The third kappa shape index (κ3) is 4.51. The lowest BCUT2D eigenvalue weighted by Gasteiger charge is -2.56. The highest BCUT2D eigenvalue weighted by Gasteiger charge is 2.64. The zero-order chi connectivity index (χ0) is 28.1. The summed E-state index contributed by atoms with van der Waals surface area (Å²) >= 11 is 0. The van der Waals surface area contributed by atoms with Crippen LogP contribution in [0.3, 0.4) is 0 Å². The molecule has 2 fully saturated rings. The molecule has 2 aliphatic carbocycles. The summed E-state index contributed by atoms with van der Waals surface area (Å²) in [7, 11) is 2.17. The van der Waals surface area contributed by atoms with Crippen LogP contribution in [0.5, 0.6) is 11.5 Å². The van der Waals surface area contributed by atoms with Crippen molar-refractivity contribution >= 4 is 12.0 Å². The molecule has 5 aliphatic rings. The average Bonchev–Trinajstić information content (AvgIpc) is 3.34. The average molecular weight is 559 g/mol. The van der Waals surface area contributed by atoms with E-state index in [4.69, 9.17) is 9.47 Å². The fourth-order valence-electron chi connectivity index (χ4n) is 7.88. The number of hydrazine groups is 1. The highest BCUT2D eigenvalue weighted by atomic mass is 16.6. The molecule has 2 amide bonds. The number of aliphatic hydroxyl groups excluding tert-OH is 1. The summed E-state index contributed by atoms with van der Waals surface area (Å²) in [5.41, 5.74) is 5.86. The number of likely N-dealkylation sites (N-methyl/N-ethyl adjacent to an activating group) is 1. The van der Waals surface area contributed by atoms with Crippen molar-refractivity contribution in [1.82, 2.24) is 20.7 Å². The number of carbonyl (C=O) groups is 2. The van der Waals surface area contributed by atoms with Gasteiger partial charge in [-0.15, -0.1) is 0 Å². The molecule has 2 aromatic rings. The molecule has 3 heterocycles. The van der Waals surface area contributed by atoms with E-state index in [0.29, 0.717) is 24.0 Å². The summed E-state index contributed by atoms with van der Waals surface area (Å²) in [5.74, 6) is 0.832. The van der Waals surface area contributed by atoms with Crippen molar-refractivity contribution in [2.45, 2.75) is 68.2 Å². The Kier molecular flexibility index (Phi) is 6.76. The van der Waals surface area contributed by atoms with Gasteiger partial charge in [-0.1, -0.05) is 55.0 Å². The van der Waals surface area contributed by atoms with Gasteiger partial charge in [-0.25, -0.2) is 9.80 Å². The monoisotopic (exact) mass is 558 g/mol. The summed E-state index contributed by atoms with van der Waals surface area (Å²) in [5, 5.41) is 15.7. The van der Waals surface area contributed by atoms with E-state index in [2.05, 4.69) is 28.8 Å². The lowest BCUT2D eigenvalue weighted by molar-refractivity contribution is -0.128. The van der Waals surface area contributed by atoms with E-state index >= 15 is 0 Å². The number of nitrogens with one attached hydrogen (secondary N) is 2. The Balaban J connectivity index is 1.14. The molecular weight excluding hydrogens is 520 g/mol. The first-order valence-electron chi connectivity index (χ1n) is 14.9. The van der Waals surface area contributed by atoms with Crippen molar-refractivity contribution in [2.24, 2.45) is 5.92 Å². The number of hydrogen-bond donors (Lipinski definition) is 3. The van der Waals surface area contributed by atoms with Gasteiger partial charge < -0.3 is 24.8 Å². The van der Waals surface area contributed by atoms with Gasteiger partial charge in [0.05, 0.1) is 0 Å². The summed E-state index contributed by atoms with van der Waals surface area (Å²) in [6.07, 6.45) is 7.46. The molecule has 6 unspecified atom stereocenters. The molecule has 0 saturated carbocycles. The third-order valence-electron chi connectivity index (χ3n) is 9.85. The van der Waals surface area contributed by atoms with E-state index < -0.39 is 24.3 Å². The molecule has 9 heteroatoms. The highest BCUT2D eigenvalue weighted by Crippen LogP contribution is 2.62. The Morgan fingerprint density at radius 2 is 1.90 bits per heavy atom. The van der Waals surface area contributed by atoms with E-state index in [1.54, 1.807) is 6.07 Å². The minimum absolute atomic E-state index is 0.223. The number of aliphatic hydroxyl groups is 1. The number of ether oxygens (including phenoxy) is 2. The second-order valence-electron chi connectivity index (χ2n) is 12.2. The lowest BCUT2D eigenvalue weighted by atomic mass is 9.53. The maximum Gasteiger partial charge on any atom is 0.413 e. The van der Waals surface area contributed by atoms with Gasteiger partial charge >= 0.3 is 6.09 Å². The van der Waals surface area contributed by atoms with Gasteiger partial charge in [-0.2, -0.15) is 0 Å². The van der Waals surface area contributed by atoms with Crippen molar-refractivity contribution in [3.8, 4) is 11.5 Å². The van der Waals surface area contributed by atoms with E-state index in [9.17, 15) is 14.7 Å². The summed E-state index contributed by atoms with van der Waals surface area (Å²) in [4.78, 5) is 29.1. The molecule has 216 valence electrons. The van der Waals surface area contributed by atoms with Gasteiger partial charge in [0.2, 0.25) is 0 Å². The predicted molar refractivity (Wildman–Crippen MR) is 153 cm³/mol. The van der Waals surface area contributed by atoms with Crippen molar-refractivity contribution < 1.29 is 24.2 Å². The minimum atomic E-state index is -0.815. The van der Waals surface area contributed by atoms with E-state index in [-0.39, 0.29) is 17.2 Å². The number of piperidine rings is 2. The normalized spacial score (nSPS) is 30.6. The van der Waals surface area contributed by atoms with E-state index in [0.717, 1.165) is 62.9 Å². The zero-order valence-electron chi connectivity index (χ0n) is 23.4. The predicted octanol–water partition coefficient (Wildman–Crippen LogP) is 2.71. The summed E-state index contributed by atoms with van der Waals surface area (Å²) < 4.78 is 12.4. The highest BCUT2D eigenvalue weighted by molar-refractivity contribution is 5.86. The third-order valence-corrected chi connectivity index (χ3v) is 9.85. The van der Waals surface area contributed by atoms with Crippen LogP contribution in [0.25, 0.3) is 0 Å². The van der Waals surface area contributed by atoms with E-state index in [1.807, 2.05) is 47.5 Å². The fourth-order valence-corrected chi connectivity index (χ4v) is 7.88. The molecule has 2 bridgehead atoms. The largest absolute Gasteiger partial charge is 0.482 e. The standard InChI is InChI=1S/C32H38N4O5/c1-35-17-14-32-22-11-12-25(37)29(32)41-28-26(13-10-21(27(28)32)19-24(22)35)40-31(39)33-23(18-20-8-4-2-5-9-20)30(38)34-36-15-6-3-7-16-36/h2,4-5,8-13,22-25,29,37H,3,6-7,14-19H2,1H3,(H,33,39)(H,34,38). The first kappa shape index (κ1) is 26.5. The lowest BCUT2D eigenvalue weighted by Crippen LogP contribution is -2.64. The molecule has 41 heavy (non-hydrogen) atoms. The van der Waals surface area contributed by atoms with Gasteiger partial charge in [-0.05, 0) is 56.5 Å². The molecule has 7 rings (SSSR count). The number of carbonyl (C=O) groups excluding carboxylic acids is 2. The molecule has 3 N–H and O–H groups in total. The zero-order valence-corrected chi connectivity index (χ0v) is 23.4. The van der Waals surface area contributed by atoms with Crippen LogP contribution in [0.4, 0.5) is 4.79 Å². The quantitative estimate of drug-likeness (QED) is 0.469. The van der Waals surface area contributed by atoms with Crippen LogP contribution in [0.15, 0.2) is 54.6 Å². The smallest absolute Gasteiger partial charge is 0.413 e. The van der Waals surface area contributed by atoms with E-state index in [1.165, 1.54) is 5.56 Å². The van der Waals surface area contributed by atoms with Gasteiger partial charge in [0.15, 0.2) is 11.5 Å². The molecule has 1 spiro atoms. The topological polar surface area (TPSA) is 103 Å². The number of rotatable bonds is 6. The molecule has 6 atom stereocenters. The number of amides is 2. The number of likely N-dealkylation sites (tertiary alicyclic amines) is 1. The maximum absolute atomic E-state index is 13.4. The Labute approximate surface area is 240 Å². The van der Waals surface area contributed by atoms with Crippen LogP contribution in [0, 0.1) is 5.92 Å². The van der Waals surface area contributed by atoms with Crippen molar-refractivity contribution in [2.75, 3.05) is 26.7 Å². The fraction of sp³-hybridized carbons (Fsp3) is 0.500. The maximum atomic E-state index is 13.4. The molecule has 3 aliphatic heterocycles. The second-order valence-corrected chi connectivity index (χ2v) is 12.2. The van der Waals surface area contributed by atoms with Crippen LogP contribution in [-0.2, 0) is 23.1 Å². The molecule has 2 aromatic carbocycles. The summed E-state index contributed by atoms with van der Waals surface area (Å²) in [6.45, 7) is 2.51. The molecular formula is C32H38N4O5. The molecule has 9 nitrogen and oxygen atoms in total. The van der Waals surface area contributed by atoms with Crippen LogP contribution in [0.2, 0.25) is 0 Å². The Morgan fingerprint density at radius 1 is 1.10 bits per heavy atom. The number of hydrogen-bond acceptors (Lipinski definition) is 7. The van der Waals surface area contributed by atoms with Crippen LogP contribution >= 0.6 is 0 Å².